The Morgan fingerprint density at radius 1 is 0.906 bits per heavy atom. The fourth-order valence-electron chi connectivity index (χ4n) is 3.45. The number of rotatable bonds is 13. The van der Waals surface area contributed by atoms with Gasteiger partial charge in [-0.3, -0.25) is 19.2 Å². The Kier molecular flexibility index (Phi) is 11.1. The molecule has 6 unspecified atom stereocenters. The van der Waals surface area contributed by atoms with Crippen LogP contribution in [0.2, 0.25) is 0 Å². The van der Waals surface area contributed by atoms with Gasteiger partial charge < -0.3 is 31.5 Å². The summed E-state index contributed by atoms with van der Waals surface area (Å²) in [5.74, 6) is -5.03. The predicted octanol–water partition coefficient (Wildman–Crippen LogP) is -0.156. The molecule has 1 heterocycles. The van der Waals surface area contributed by atoms with Gasteiger partial charge in [-0.15, -0.1) is 0 Å². The molecule has 0 radical (unpaired) electrons. The zero-order chi connectivity index (χ0) is 24.4. The third-order valence-corrected chi connectivity index (χ3v) is 5.96. The lowest BCUT2D eigenvalue weighted by molar-refractivity contribution is -0.147. The van der Waals surface area contributed by atoms with Crippen LogP contribution in [0.3, 0.4) is 0 Å². The largest absolute Gasteiger partial charge is 0.481 e. The van der Waals surface area contributed by atoms with E-state index in [1.807, 2.05) is 20.8 Å². The molecule has 0 saturated carbocycles. The Hall–Kier alpha value is -2.69. The molecule has 1 rings (SSSR count). The molecule has 0 aromatic rings. The highest BCUT2D eigenvalue weighted by molar-refractivity contribution is 5.95. The van der Waals surface area contributed by atoms with Gasteiger partial charge in [0.1, 0.15) is 18.1 Å². The summed E-state index contributed by atoms with van der Waals surface area (Å²) in [6.07, 6.45) is 1.87. The van der Waals surface area contributed by atoms with Gasteiger partial charge in [-0.25, -0.2) is 4.79 Å². The van der Waals surface area contributed by atoms with E-state index in [1.54, 1.807) is 6.92 Å². The number of amides is 3. The van der Waals surface area contributed by atoms with Gasteiger partial charge in [0.05, 0.1) is 12.5 Å². The van der Waals surface area contributed by atoms with E-state index in [0.29, 0.717) is 19.3 Å². The number of carboxylic acids is 2. The summed E-state index contributed by atoms with van der Waals surface area (Å²) < 4.78 is 0. The van der Waals surface area contributed by atoms with Crippen molar-refractivity contribution in [3.8, 4) is 0 Å². The monoisotopic (exact) mass is 456 g/mol. The molecule has 1 fully saturated rings. The number of aliphatic carboxylic acids is 2. The summed E-state index contributed by atoms with van der Waals surface area (Å²) in [5, 5.41) is 28.8. The van der Waals surface area contributed by atoms with Gasteiger partial charge in [-0.05, 0) is 31.2 Å². The van der Waals surface area contributed by atoms with Crippen molar-refractivity contribution in [3.63, 3.8) is 0 Å². The van der Waals surface area contributed by atoms with E-state index < -0.39 is 48.3 Å². The van der Waals surface area contributed by atoms with Crippen LogP contribution in [0, 0.1) is 11.8 Å². The van der Waals surface area contributed by atoms with Crippen molar-refractivity contribution in [2.75, 3.05) is 6.54 Å². The molecular weight excluding hydrogens is 420 g/mol. The number of carbonyl (C=O) groups is 5. The molecular formula is C21H36N4O7. The lowest BCUT2D eigenvalue weighted by Crippen LogP contribution is -2.60. The molecule has 0 bridgehead atoms. The SMILES string of the molecule is CCC(C)C(NC(=O)C1CCCN1)C(=O)NC(C(=O)NC(CC(=O)O)C(=O)O)C(C)CC. The first-order valence-electron chi connectivity index (χ1n) is 11.1. The van der Waals surface area contributed by atoms with Crippen molar-refractivity contribution < 1.29 is 34.2 Å². The molecule has 0 aromatic heterocycles. The molecule has 0 spiro atoms. The molecule has 6 atom stereocenters. The molecule has 6 N–H and O–H groups in total. The van der Waals surface area contributed by atoms with Gasteiger partial charge in [0.2, 0.25) is 17.7 Å². The topological polar surface area (TPSA) is 174 Å². The quantitative estimate of drug-likeness (QED) is 0.222. The highest BCUT2D eigenvalue weighted by Crippen LogP contribution is 2.14. The lowest BCUT2D eigenvalue weighted by Gasteiger charge is -2.30. The Balaban J connectivity index is 2.98. The van der Waals surface area contributed by atoms with E-state index in [2.05, 4.69) is 21.3 Å². The summed E-state index contributed by atoms with van der Waals surface area (Å²) in [6.45, 7) is 7.96. The van der Waals surface area contributed by atoms with Crippen LogP contribution in [0.4, 0.5) is 0 Å². The van der Waals surface area contributed by atoms with Gasteiger partial charge in [0, 0.05) is 0 Å². The third kappa shape index (κ3) is 8.10. The standard InChI is InChI=1S/C21H36N4O7/c1-5-11(3)16(19(29)23-14(21(31)32)10-15(26)27)25-20(30)17(12(4)6-2)24-18(28)13-8-7-9-22-13/h11-14,16-17,22H,5-10H2,1-4H3,(H,23,29)(H,24,28)(H,25,30)(H,26,27)(H,31,32). The average molecular weight is 457 g/mol. The highest BCUT2D eigenvalue weighted by Gasteiger charge is 2.35. The van der Waals surface area contributed by atoms with Gasteiger partial charge in [-0.1, -0.05) is 40.5 Å². The third-order valence-electron chi connectivity index (χ3n) is 5.96. The second kappa shape index (κ2) is 13.0. The zero-order valence-corrected chi connectivity index (χ0v) is 19.1. The Labute approximate surface area is 188 Å². The van der Waals surface area contributed by atoms with Crippen molar-refractivity contribution in [1.29, 1.82) is 0 Å². The predicted molar refractivity (Wildman–Crippen MR) is 116 cm³/mol. The lowest BCUT2D eigenvalue weighted by atomic mass is 9.94. The minimum atomic E-state index is -1.62. The summed E-state index contributed by atoms with van der Waals surface area (Å²) in [6, 6.07) is -3.95. The number of carboxylic acid groups (broad SMARTS) is 2. The maximum atomic E-state index is 13.1. The van der Waals surface area contributed by atoms with Gasteiger partial charge in [0.15, 0.2) is 0 Å². The maximum absolute atomic E-state index is 13.1. The minimum absolute atomic E-state index is 0.209. The van der Waals surface area contributed by atoms with E-state index in [-0.39, 0.29) is 23.8 Å². The van der Waals surface area contributed by atoms with Gasteiger partial charge in [-0.2, -0.15) is 0 Å². The minimum Gasteiger partial charge on any atom is -0.481 e. The smallest absolute Gasteiger partial charge is 0.326 e. The Bertz CT molecular complexity index is 694. The van der Waals surface area contributed by atoms with Crippen LogP contribution >= 0.6 is 0 Å². The Morgan fingerprint density at radius 2 is 1.44 bits per heavy atom. The second-order valence-corrected chi connectivity index (χ2v) is 8.39. The molecule has 11 heteroatoms. The summed E-state index contributed by atoms with van der Waals surface area (Å²) in [5.41, 5.74) is 0. The van der Waals surface area contributed by atoms with Crippen molar-refractivity contribution in [3.05, 3.63) is 0 Å². The fraction of sp³-hybridized carbons (Fsp3) is 0.762. The highest BCUT2D eigenvalue weighted by atomic mass is 16.4. The molecule has 3 amide bonds. The number of hydrogen-bond acceptors (Lipinski definition) is 6. The van der Waals surface area contributed by atoms with Crippen molar-refractivity contribution >= 4 is 29.7 Å². The average Bonchev–Trinajstić information content (AvgIpc) is 3.28. The van der Waals surface area contributed by atoms with Crippen molar-refractivity contribution in [1.82, 2.24) is 21.3 Å². The van der Waals surface area contributed by atoms with E-state index >= 15 is 0 Å². The summed E-state index contributed by atoms with van der Waals surface area (Å²) >= 11 is 0. The summed E-state index contributed by atoms with van der Waals surface area (Å²) in [7, 11) is 0. The van der Waals surface area contributed by atoms with Crippen LogP contribution in [0.5, 0.6) is 0 Å². The maximum Gasteiger partial charge on any atom is 0.326 e. The van der Waals surface area contributed by atoms with Crippen molar-refractivity contribution in [2.24, 2.45) is 11.8 Å². The molecule has 0 aromatic carbocycles. The van der Waals surface area contributed by atoms with Gasteiger partial charge in [0.25, 0.3) is 0 Å². The zero-order valence-electron chi connectivity index (χ0n) is 19.1. The van der Waals surface area contributed by atoms with Crippen molar-refractivity contribution in [2.45, 2.75) is 84.0 Å². The van der Waals surface area contributed by atoms with E-state index in [4.69, 9.17) is 5.11 Å². The normalized spacial score (nSPS) is 20.3. The summed E-state index contributed by atoms with van der Waals surface area (Å²) in [4.78, 5) is 60.7. The first kappa shape index (κ1) is 27.3. The number of nitrogens with one attached hydrogen (secondary N) is 4. The molecule has 1 aliphatic rings. The molecule has 0 aliphatic carbocycles. The molecule has 1 aliphatic heterocycles. The fourth-order valence-corrected chi connectivity index (χ4v) is 3.45. The van der Waals surface area contributed by atoms with Gasteiger partial charge >= 0.3 is 11.9 Å². The van der Waals surface area contributed by atoms with Crippen LogP contribution in [0.1, 0.15) is 59.8 Å². The van der Waals surface area contributed by atoms with E-state index in [1.165, 1.54) is 0 Å². The first-order valence-corrected chi connectivity index (χ1v) is 11.1. The van der Waals surface area contributed by atoms with Crippen LogP contribution in [-0.2, 0) is 24.0 Å². The van der Waals surface area contributed by atoms with Crippen LogP contribution in [-0.4, -0.2) is 70.6 Å². The molecule has 1 saturated heterocycles. The second-order valence-electron chi connectivity index (χ2n) is 8.39. The molecule has 32 heavy (non-hydrogen) atoms. The number of hydrogen-bond donors (Lipinski definition) is 6. The van der Waals surface area contributed by atoms with E-state index in [9.17, 15) is 29.1 Å². The number of carbonyl (C=O) groups excluding carboxylic acids is 3. The first-order chi connectivity index (χ1) is 15.0. The van der Waals surface area contributed by atoms with Crippen LogP contribution in [0.25, 0.3) is 0 Å². The Morgan fingerprint density at radius 3 is 1.88 bits per heavy atom. The molecule has 11 nitrogen and oxygen atoms in total. The molecule has 182 valence electrons. The van der Waals surface area contributed by atoms with Crippen LogP contribution in [0.15, 0.2) is 0 Å². The van der Waals surface area contributed by atoms with Crippen LogP contribution < -0.4 is 21.3 Å². The van der Waals surface area contributed by atoms with E-state index in [0.717, 1.165) is 13.0 Å².